The van der Waals surface area contributed by atoms with Gasteiger partial charge >= 0.3 is 6.18 Å². The minimum Gasteiger partial charge on any atom is -0.472 e. The quantitative estimate of drug-likeness (QED) is 0.850. The number of aromatic nitrogens is 1. The molecular formula is C12H10F3N3OS. The summed E-state index contributed by atoms with van der Waals surface area (Å²) in [6, 6.07) is 3.73. The van der Waals surface area contributed by atoms with Crippen LogP contribution in [0.25, 0.3) is 0 Å². The number of hydrogen-bond acceptors (Lipinski definition) is 4. The Morgan fingerprint density at radius 3 is 2.65 bits per heavy atom. The summed E-state index contributed by atoms with van der Waals surface area (Å²) in [6.45, 7) is 0.250. The number of nitrogens with one attached hydrogen (secondary N) is 1. The molecule has 2 aromatic rings. The molecule has 0 aliphatic rings. The van der Waals surface area contributed by atoms with E-state index in [1.165, 1.54) is 18.6 Å². The molecular weight excluding hydrogens is 291 g/mol. The zero-order chi connectivity index (χ0) is 14.8. The normalized spacial score (nSPS) is 11.3. The van der Waals surface area contributed by atoms with Crippen molar-refractivity contribution in [3.63, 3.8) is 0 Å². The molecule has 2 heterocycles. The molecule has 0 fully saturated rings. The van der Waals surface area contributed by atoms with Crippen molar-refractivity contribution in [1.82, 2.24) is 4.98 Å². The summed E-state index contributed by atoms with van der Waals surface area (Å²) in [7, 11) is 0. The van der Waals surface area contributed by atoms with Gasteiger partial charge in [-0.25, -0.2) is 4.98 Å². The van der Waals surface area contributed by atoms with E-state index < -0.39 is 11.9 Å². The van der Waals surface area contributed by atoms with E-state index in [0.29, 0.717) is 0 Å². The molecule has 0 aromatic carbocycles. The second-order valence-electron chi connectivity index (χ2n) is 3.94. The predicted octanol–water partition coefficient (Wildman–Crippen LogP) is 2.94. The number of pyridine rings is 1. The topological polar surface area (TPSA) is 64.1 Å². The van der Waals surface area contributed by atoms with Crippen molar-refractivity contribution in [2.75, 3.05) is 5.32 Å². The van der Waals surface area contributed by atoms with Crippen LogP contribution in [0, 0.1) is 0 Å². The van der Waals surface area contributed by atoms with Crippen molar-refractivity contribution < 1.29 is 17.6 Å². The van der Waals surface area contributed by atoms with E-state index in [1.54, 1.807) is 6.07 Å². The highest BCUT2D eigenvalue weighted by molar-refractivity contribution is 7.80. The molecule has 0 aliphatic carbocycles. The molecule has 2 aromatic heterocycles. The second kappa shape index (κ2) is 5.49. The monoisotopic (exact) mass is 301 g/mol. The SMILES string of the molecule is NC(=S)c1ccc(C(F)(F)F)nc1NCc1ccoc1. The summed E-state index contributed by atoms with van der Waals surface area (Å²) in [6.07, 6.45) is -1.59. The van der Waals surface area contributed by atoms with Crippen LogP contribution in [0.1, 0.15) is 16.8 Å². The fraction of sp³-hybridized carbons (Fsp3) is 0.167. The van der Waals surface area contributed by atoms with E-state index in [4.69, 9.17) is 22.4 Å². The van der Waals surface area contributed by atoms with Gasteiger partial charge in [-0.1, -0.05) is 12.2 Å². The second-order valence-corrected chi connectivity index (χ2v) is 4.38. The van der Waals surface area contributed by atoms with Gasteiger partial charge in [0.1, 0.15) is 16.5 Å². The molecule has 8 heteroatoms. The summed E-state index contributed by atoms with van der Waals surface area (Å²) >= 11 is 4.80. The Morgan fingerprint density at radius 1 is 1.35 bits per heavy atom. The van der Waals surface area contributed by atoms with Crippen molar-refractivity contribution in [3.8, 4) is 0 Å². The van der Waals surface area contributed by atoms with Crippen LogP contribution < -0.4 is 11.1 Å². The number of hydrogen-bond donors (Lipinski definition) is 2. The summed E-state index contributed by atoms with van der Waals surface area (Å²) in [5, 5.41) is 2.77. The molecule has 0 radical (unpaired) electrons. The van der Waals surface area contributed by atoms with Crippen molar-refractivity contribution in [2.24, 2.45) is 5.73 Å². The average molecular weight is 301 g/mol. The number of anilines is 1. The first-order chi connectivity index (χ1) is 9.38. The molecule has 20 heavy (non-hydrogen) atoms. The number of furan rings is 1. The molecule has 0 atom stereocenters. The molecule has 0 unspecified atom stereocenters. The summed E-state index contributed by atoms with van der Waals surface area (Å²) in [5.74, 6) is -0.00600. The molecule has 0 saturated heterocycles. The molecule has 106 valence electrons. The van der Waals surface area contributed by atoms with Gasteiger partial charge in [0.15, 0.2) is 0 Å². The van der Waals surface area contributed by atoms with Crippen LogP contribution in [-0.2, 0) is 12.7 Å². The van der Waals surface area contributed by atoms with E-state index in [2.05, 4.69) is 10.3 Å². The molecule has 3 N–H and O–H groups in total. The van der Waals surface area contributed by atoms with Gasteiger partial charge in [-0.15, -0.1) is 0 Å². The first-order valence-corrected chi connectivity index (χ1v) is 5.92. The largest absolute Gasteiger partial charge is 0.472 e. The van der Waals surface area contributed by atoms with Crippen molar-refractivity contribution >= 4 is 23.0 Å². The molecule has 0 bridgehead atoms. The third-order valence-electron chi connectivity index (χ3n) is 2.49. The Labute approximate surface area is 117 Å². The van der Waals surface area contributed by atoms with Gasteiger partial charge in [-0.2, -0.15) is 13.2 Å². The van der Waals surface area contributed by atoms with Gasteiger partial charge in [0.2, 0.25) is 0 Å². The lowest BCUT2D eigenvalue weighted by molar-refractivity contribution is -0.141. The van der Waals surface area contributed by atoms with Crippen molar-refractivity contribution in [2.45, 2.75) is 12.7 Å². The van der Waals surface area contributed by atoms with E-state index in [0.717, 1.165) is 11.6 Å². The summed E-state index contributed by atoms with van der Waals surface area (Å²) < 4.78 is 42.8. The predicted molar refractivity (Wildman–Crippen MR) is 71.2 cm³/mol. The van der Waals surface area contributed by atoms with E-state index in [-0.39, 0.29) is 22.9 Å². The van der Waals surface area contributed by atoms with Gasteiger partial charge in [-0.3, -0.25) is 0 Å². The van der Waals surface area contributed by atoms with Crippen LogP contribution in [0.3, 0.4) is 0 Å². The Kier molecular flexibility index (Phi) is 3.93. The zero-order valence-corrected chi connectivity index (χ0v) is 10.9. The number of rotatable bonds is 4. The smallest absolute Gasteiger partial charge is 0.433 e. The molecule has 0 spiro atoms. The average Bonchev–Trinajstić information content (AvgIpc) is 2.87. The maximum atomic E-state index is 12.6. The highest BCUT2D eigenvalue weighted by Crippen LogP contribution is 2.29. The van der Waals surface area contributed by atoms with E-state index >= 15 is 0 Å². The maximum absolute atomic E-state index is 12.6. The van der Waals surface area contributed by atoms with Gasteiger partial charge in [0.25, 0.3) is 0 Å². The molecule has 4 nitrogen and oxygen atoms in total. The fourth-order valence-electron chi connectivity index (χ4n) is 1.53. The number of nitrogens with zero attached hydrogens (tertiary/aromatic N) is 1. The Balaban J connectivity index is 2.29. The Morgan fingerprint density at radius 2 is 2.10 bits per heavy atom. The first kappa shape index (κ1) is 14.3. The van der Waals surface area contributed by atoms with Crippen LogP contribution in [-0.4, -0.2) is 9.97 Å². The van der Waals surface area contributed by atoms with Crippen molar-refractivity contribution in [3.05, 3.63) is 47.5 Å². The lowest BCUT2D eigenvalue weighted by Crippen LogP contribution is -2.17. The highest BCUT2D eigenvalue weighted by atomic mass is 32.1. The molecule has 2 rings (SSSR count). The van der Waals surface area contributed by atoms with Crippen LogP contribution in [0.15, 0.2) is 35.1 Å². The third kappa shape index (κ3) is 3.27. The lowest BCUT2D eigenvalue weighted by atomic mass is 10.2. The minimum atomic E-state index is -4.53. The fourth-order valence-corrected chi connectivity index (χ4v) is 1.69. The highest BCUT2D eigenvalue weighted by Gasteiger charge is 2.33. The van der Waals surface area contributed by atoms with E-state index in [9.17, 15) is 13.2 Å². The van der Waals surface area contributed by atoms with Crippen LogP contribution >= 0.6 is 12.2 Å². The van der Waals surface area contributed by atoms with Gasteiger partial charge in [0, 0.05) is 12.1 Å². The van der Waals surface area contributed by atoms with Gasteiger partial charge < -0.3 is 15.5 Å². The number of halogens is 3. The summed E-state index contributed by atoms with van der Waals surface area (Å²) in [5.41, 5.74) is 5.49. The number of alkyl halides is 3. The van der Waals surface area contributed by atoms with Crippen LogP contribution in [0.5, 0.6) is 0 Å². The van der Waals surface area contributed by atoms with Crippen LogP contribution in [0.2, 0.25) is 0 Å². The van der Waals surface area contributed by atoms with Gasteiger partial charge in [-0.05, 0) is 18.2 Å². The molecule has 0 aliphatic heterocycles. The number of nitrogens with two attached hydrogens (primary N) is 1. The zero-order valence-electron chi connectivity index (χ0n) is 10.1. The maximum Gasteiger partial charge on any atom is 0.433 e. The number of thiocarbonyl (C=S) groups is 1. The summed E-state index contributed by atoms with van der Waals surface area (Å²) in [4.78, 5) is 3.50. The Hall–Kier alpha value is -2.09. The lowest BCUT2D eigenvalue weighted by Gasteiger charge is -2.13. The first-order valence-electron chi connectivity index (χ1n) is 5.51. The van der Waals surface area contributed by atoms with Gasteiger partial charge in [0.05, 0.1) is 18.1 Å². The van der Waals surface area contributed by atoms with E-state index in [1.807, 2.05) is 0 Å². The molecule has 0 saturated carbocycles. The third-order valence-corrected chi connectivity index (χ3v) is 2.71. The molecule has 0 amide bonds. The standard InChI is InChI=1S/C12H10F3N3OS/c13-12(14,15)9-2-1-8(10(16)20)11(18-9)17-5-7-3-4-19-6-7/h1-4,6H,5H2,(H2,16,20)(H,17,18). The van der Waals surface area contributed by atoms with Crippen LogP contribution in [0.4, 0.5) is 19.0 Å². The van der Waals surface area contributed by atoms with Crippen molar-refractivity contribution in [1.29, 1.82) is 0 Å². The minimum absolute atomic E-state index is 0.00600. The Bertz CT molecular complexity index is 611.